The van der Waals surface area contributed by atoms with Gasteiger partial charge in [0.1, 0.15) is 0 Å². The molecule has 2 aromatic rings. The fraction of sp³-hybridized carbons (Fsp3) is 0.435. The number of carbonyl (C=O) groups is 1. The van der Waals surface area contributed by atoms with E-state index in [1.807, 2.05) is 57.1 Å². The van der Waals surface area contributed by atoms with Crippen LogP contribution in [0.4, 0.5) is 17.1 Å². The Balaban J connectivity index is 1.99. The first-order chi connectivity index (χ1) is 14.8. The first-order valence-electron chi connectivity index (χ1n) is 10.8. The van der Waals surface area contributed by atoms with Gasteiger partial charge in [-0.05, 0) is 49.2 Å². The van der Waals surface area contributed by atoms with E-state index in [2.05, 4.69) is 10.2 Å². The van der Waals surface area contributed by atoms with Crippen LogP contribution in [0, 0.1) is 0 Å². The first-order valence-corrected chi connectivity index (χ1v) is 12.2. The molecule has 0 radical (unpaired) electrons. The molecular formula is C23H32N4O3S. The molecule has 2 aromatic carbocycles. The average Bonchev–Trinajstić information content (AvgIpc) is 3.29. The minimum Gasteiger partial charge on any atom is -0.378 e. The fourth-order valence-corrected chi connectivity index (χ4v) is 5.33. The van der Waals surface area contributed by atoms with Crippen molar-refractivity contribution < 1.29 is 13.2 Å². The molecule has 1 fully saturated rings. The van der Waals surface area contributed by atoms with Gasteiger partial charge in [0.05, 0.1) is 16.3 Å². The molecule has 7 nitrogen and oxygen atoms in total. The van der Waals surface area contributed by atoms with Crippen LogP contribution in [-0.4, -0.2) is 58.9 Å². The van der Waals surface area contributed by atoms with Crippen LogP contribution in [0.5, 0.6) is 0 Å². The van der Waals surface area contributed by atoms with Crippen molar-refractivity contribution in [1.82, 2.24) is 4.31 Å². The molecule has 0 bridgehead atoms. The second-order valence-electron chi connectivity index (χ2n) is 7.86. The van der Waals surface area contributed by atoms with Crippen LogP contribution in [0.3, 0.4) is 0 Å². The Labute approximate surface area is 185 Å². The molecule has 168 valence electrons. The molecule has 0 saturated carbocycles. The van der Waals surface area contributed by atoms with Crippen molar-refractivity contribution >= 4 is 33.0 Å². The second kappa shape index (κ2) is 9.70. The quantitative estimate of drug-likeness (QED) is 0.673. The number of nitrogens with one attached hydrogen (secondary N) is 1. The number of anilines is 3. The average molecular weight is 445 g/mol. The summed E-state index contributed by atoms with van der Waals surface area (Å²) in [6.45, 7) is 6.21. The third-order valence-electron chi connectivity index (χ3n) is 5.63. The SMILES string of the molecule is CCN(CC)S(=O)(=O)c1ccc(N2CCCC2)c(NC(=O)c2cccc(N(C)C)c2)c1. The summed E-state index contributed by atoms with van der Waals surface area (Å²) < 4.78 is 27.5. The Morgan fingerprint density at radius 3 is 2.32 bits per heavy atom. The Bertz CT molecular complexity index is 1030. The molecule has 8 heteroatoms. The van der Waals surface area contributed by atoms with E-state index in [9.17, 15) is 13.2 Å². The van der Waals surface area contributed by atoms with Crippen LogP contribution in [0.1, 0.15) is 37.0 Å². The van der Waals surface area contributed by atoms with Crippen molar-refractivity contribution in [2.24, 2.45) is 0 Å². The van der Waals surface area contributed by atoms with Gasteiger partial charge in [0.2, 0.25) is 10.0 Å². The van der Waals surface area contributed by atoms with Gasteiger partial charge in [-0.2, -0.15) is 4.31 Å². The van der Waals surface area contributed by atoms with Gasteiger partial charge < -0.3 is 15.1 Å². The minimum absolute atomic E-state index is 0.191. The maximum atomic E-state index is 13.1. The molecule has 1 N–H and O–H groups in total. The molecule has 1 aliphatic heterocycles. The highest BCUT2D eigenvalue weighted by Crippen LogP contribution is 2.33. The zero-order valence-electron chi connectivity index (χ0n) is 18.8. The lowest BCUT2D eigenvalue weighted by molar-refractivity contribution is 0.102. The molecular weight excluding hydrogens is 412 g/mol. The lowest BCUT2D eigenvalue weighted by Gasteiger charge is -2.24. The third kappa shape index (κ3) is 5.02. The maximum absolute atomic E-state index is 13.1. The van der Waals surface area contributed by atoms with Gasteiger partial charge in [0.25, 0.3) is 5.91 Å². The van der Waals surface area contributed by atoms with Crippen LogP contribution in [0.25, 0.3) is 0 Å². The monoisotopic (exact) mass is 444 g/mol. The second-order valence-corrected chi connectivity index (χ2v) is 9.80. The standard InChI is InChI=1S/C23H32N4O3S/c1-5-27(6-2)31(29,30)20-12-13-22(26-14-7-8-15-26)21(17-20)24-23(28)18-10-9-11-19(16-18)25(3)4/h9-13,16-17H,5-8,14-15H2,1-4H3,(H,24,28). The van der Waals surface area contributed by atoms with Crippen LogP contribution in [-0.2, 0) is 10.0 Å². The van der Waals surface area contributed by atoms with Crippen molar-refractivity contribution in [3.63, 3.8) is 0 Å². The Morgan fingerprint density at radius 1 is 1.03 bits per heavy atom. The van der Waals surface area contributed by atoms with Crippen LogP contribution in [0.15, 0.2) is 47.4 Å². The van der Waals surface area contributed by atoms with Crippen LogP contribution < -0.4 is 15.1 Å². The van der Waals surface area contributed by atoms with E-state index < -0.39 is 10.0 Å². The highest BCUT2D eigenvalue weighted by Gasteiger charge is 2.25. The largest absolute Gasteiger partial charge is 0.378 e. The summed E-state index contributed by atoms with van der Waals surface area (Å²) in [4.78, 5) is 17.4. The number of carbonyl (C=O) groups excluding carboxylic acids is 1. The van der Waals surface area contributed by atoms with E-state index in [0.29, 0.717) is 24.3 Å². The first kappa shape index (κ1) is 23.1. The number of hydrogen-bond acceptors (Lipinski definition) is 5. The summed E-state index contributed by atoms with van der Waals surface area (Å²) >= 11 is 0. The Morgan fingerprint density at radius 2 is 1.71 bits per heavy atom. The lowest BCUT2D eigenvalue weighted by Crippen LogP contribution is -2.31. The van der Waals surface area contributed by atoms with Gasteiger partial charge >= 0.3 is 0 Å². The maximum Gasteiger partial charge on any atom is 0.255 e. The summed E-state index contributed by atoms with van der Waals surface area (Å²) in [5.41, 5.74) is 2.82. The molecule has 0 aliphatic carbocycles. The number of amides is 1. The molecule has 1 heterocycles. The highest BCUT2D eigenvalue weighted by molar-refractivity contribution is 7.89. The van der Waals surface area contributed by atoms with Gasteiger partial charge in [-0.3, -0.25) is 4.79 Å². The highest BCUT2D eigenvalue weighted by atomic mass is 32.2. The molecule has 31 heavy (non-hydrogen) atoms. The van der Waals surface area contributed by atoms with Crippen LogP contribution >= 0.6 is 0 Å². The molecule has 3 rings (SSSR count). The van der Waals surface area contributed by atoms with Gasteiger partial charge in [-0.15, -0.1) is 0 Å². The van der Waals surface area contributed by atoms with E-state index in [1.165, 1.54) is 4.31 Å². The zero-order chi connectivity index (χ0) is 22.6. The number of benzene rings is 2. The summed E-state index contributed by atoms with van der Waals surface area (Å²) in [5, 5.41) is 2.98. The minimum atomic E-state index is -3.63. The molecule has 0 atom stereocenters. The summed E-state index contributed by atoms with van der Waals surface area (Å²) in [5.74, 6) is -0.262. The van der Waals surface area contributed by atoms with E-state index >= 15 is 0 Å². The molecule has 0 aromatic heterocycles. The number of hydrogen-bond donors (Lipinski definition) is 1. The molecule has 0 unspecified atom stereocenters. The summed E-state index contributed by atoms with van der Waals surface area (Å²) in [6.07, 6.45) is 2.16. The van der Waals surface area contributed by atoms with E-state index in [1.54, 1.807) is 18.2 Å². The predicted octanol–water partition coefficient (Wildman–Crippen LogP) is 3.64. The van der Waals surface area contributed by atoms with Crippen molar-refractivity contribution in [1.29, 1.82) is 0 Å². The zero-order valence-corrected chi connectivity index (χ0v) is 19.6. The van der Waals surface area contributed by atoms with Crippen molar-refractivity contribution in [2.75, 3.05) is 55.4 Å². The van der Waals surface area contributed by atoms with Crippen molar-refractivity contribution in [2.45, 2.75) is 31.6 Å². The smallest absolute Gasteiger partial charge is 0.255 e. The number of nitrogens with zero attached hydrogens (tertiary/aromatic N) is 3. The Hall–Kier alpha value is -2.58. The Kier molecular flexibility index (Phi) is 7.23. The van der Waals surface area contributed by atoms with Crippen molar-refractivity contribution in [3.05, 3.63) is 48.0 Å². The van der Waals surface area contributed by atoms with E-state index in [-0.39, 0.29) is 10.8 Å². The number of sulfonamides is 1. The lowest BCUT2D eigenvalue weighted by atomic mass is 10.1. The predicted molar refractivity (Wildman–Crippen MR) is 127 cm³/mol. The summed E-state index contributed by atoms with van der Waals surface area (Å²) in [6, 6.07) is 12.4. The molecule has 1 aliphatic rings. The van der Waals surface area contributed by atoms with Gasteiger partial charge in [0, 0.05) is 51.5 Å². The van der Waals surface area contributed by atoms with Gasteiger partial charge in [-0.1, -0.05) is 19.9 Å². The van der Waals surface area contributed by atoms with Crippen molar-refractivity contribution in [3.8, 4) is 0 Å². The molecule has 1 saturated heterocycles. The fourth-order valence-electron chi connectivity index (χ4n) is 3.84. The van der Waals surface area contributed by atoms with Gasteiger partial charge in [-0.25, -0.2) is 8.42 Å². The van der Waals surface area contributed by atoms with E-state index in [0.717, 1.165) is 37.3 Å². The van der Waals surface area contributed by atoms with E-state index in [4.69, 9.17) is 0 Å². The summed E-state index contributed by atoms with van der Waals surface area (Å²) in [7, 11) is 0.216. The molecule has 1 amide bonds. The molecule has 0 spiro atoms. The number of rotatable bonds is 8. The third-order valence-corrected chi connectivity index (χ3v) is 7.68. The normalized spacial score (nSPS) is 14.2. The van der Waals surface area contributed by atoms with Gasteiger partial charge in [0.15, 0.2) is 0 Å². The topological polar surface area (TPSA) is 73.0 Å². The van der Waals surface area contributed by atoms with Crippen LogP contribution in [0.2, 0.25) is 0 Å².